The second-order valence-electron chi connectivity index (χ2n) is 5.85. The lowest BCUT2D eigenvalue weighted by Crippen LogP contribution is -2.48. The lowest BCUT2D eigenvalue weighted by Gasteiger charge is -2.34. The van der Waals surface area contributed by atoms with Crippen molar-refractivity contribution in [3.63, 3.8) is 0 Å². The zero-order chi connectivity index (χ0) is 17.6. The number of hydrogen-bond donors (Lipinski definition) is 1. The zero-order valence-electron chi connectivity index (χ0n) is 14.9. The first-order chi connectivity index (χ1) is 12.2. The molecule has 0 aromatic carbocycles. The van der Waals surface area contributed by atoms with Gasteiger partial charge in [0, 0.05) is 38.1 Å². The Balaban J connectivity index is 0.00000243. The van der Waals surface area contributed by atoms with Crippen LogP contribution in [0.25, 0.3) is 0 Å². The average molecular weight is 474 g/mol. The Hall–Kier alpha value is -1.75. The van der Waals surface area contributed by atoms with Gasteiger partial charge in [-0.3, -0.25) is 9.67 Å². The predicted octanol–water partition coefficient (Wildman–Crippen LogP) is 2.11. The fourth-order valence-corrected chi connectivity index (χ4v) is 2.76. The normalized spacial score (nSPS) is 17.7. The van der Waals surface area contributed by atoms with Crippen LogP contribution in [0, 0.1) is 5.82 Å². The molecule has 0 bridgehead atoms. The van der Waals surface area contributed by atoms with Crippen molar-refractivity contribution in [2.24, 2.45) is 12.0 Å². The number of ether oxygens (including phenoxy) is 1. The summed E-state index contributed by atoms with van der Waals surface area (Å²) < 4.78 is 21.4. The topological polar surface area (TPSA) is 67.6 Å². The van der Waals surface area contributed by atoms with Gasteiger partial charge < -0.3 is 15.0 Å². The molecule has 1 atom stereocenters. The summed E-state index contributed by atoms with van der Waals surface area (Å²) in [6, 6.07) is 2.98. The Labute approximate surface area is 169 Å². The second-order valence-corrected chi connectivity index (χ2v) is 5.85. The molecule has 3 heterocycles. The third-order valence-electron chi connectivity index (χ3n) is 4.01. The van der Waals surface area contributed by atoms with Gasteiger partial charge in [0.15, 0.2) is 5.96 Å². The second kappa shape index (κ2) is 9.81. The molecule has 0 radical (unpaired) electrons. The van der Waals surface area contributed by atoms with Gasteiger partial charge in [0.05, 0.1) is 31.6 Å². The highest BCUT2D eigenvalue weighted by Gasteiger charge is 2.25. The number of aromatic nitrogens is 3. The number of aryl methyl sites for hydroxylation is 1. The molecular weight excluding hydrogens is 450 g/mol. The Morgan fingerprint density at radius 1 is 1.50 bits per heavy atom. The molecule has 1 unspecified atom stereocenters. The highest BCUT2D eigenvalue weighted by Crippen LogP contribution is 2.21. The maximum absolute atomic E-state index is 13.8. The van der Waals surface area contributed by atoms with Crippen LogP contribution in [0.5, 0.6) is 0 Å². The number of rotatable bonds is 4. The van der Waals surface area contributed by atoms with Crippen LogP contribution in [0.15, 0.2) is 35.7 Å². The van der Waals surface area contributed by atoms with Crippen LogP contribution in [0.4, 0.5) is 4.39 Å². The van der Waals surface area contributed by atoms with Crippen LogP contribution in [0.3, 0.4) is 0 Å². The number of aliphatic imine (C=N–C) groups is 1. The van der Waals surface area contributed by atoms with E-state index in [0.717, 1.165) is 24.6 Å². The van der Waals surface area contributed by atoms with E-state index in [1.54, 1.807) is 16.9 Å². The van der Waals surface area contributed by atoms with Crippen LogP contribution in [0.2, 0.25) is 0 Å². The molecule has 1 saturated heterocycles. The molecule has 1 fully saturated rings. The van der Waals surface area contributed by atoms with Crippen LogP contribution in [0.1, 0.15) is 24.3 Å². The summed E-state index contributed by atoms with van der Waals surface area (Å²) in [5, 5.41) is 7.47. The van der Waals surface area contributed by atoms with Gasteiger partial charge >= 0.3 is 0 Å². The van der Waals surface area contributed by atoms with E-state index in [9.17, 15) is 4.39 Å². The molecule has 9 heteroatoms. The van der Waals surface area contributed by atoms with Crippen molar-refractivity contribution < 1.29 is 9.13 Å². The molecule has 0 spiro atoms. The molecule has 0 amide bonds. The maximum atomic E-state index is 13.8. The minimum atomic E-state index is -0.336. The SMILES string of the molecule is CCNC(=NCc1ncccc1F)N1CCOC(c2cnn(C)c2)C1.I. The fraction of sp³-hybridized carbons (Fsp3) is 0.471. The number of nitrogens with one attached hydrogen (secondary N) is 1. The van der Waals surface area contributed by atoms with E-state index in [0.29, 0.717) is 18.8 Å². The van der Waals surface area contributed by atoms with Gasteiger partial charge in [-0.15, -0.1) is 24.0 Å². The fourth-order valence-electron chi connectivity index (χ4n) is 2.76. The third-order valence-corrected chi connectivity index (χ3v) is 4.01. The van der Waals surface area contributed by atoms with Crippen LogP contribution in [-0.2, 0) is 18.3 Å². The lowest BCUT2D eigenvalue weighted by atomic mass is 10.1. The highest BCUT2D eigenvalue weighted by atomic mass is 127. The smallest absolute Gasteiger partial charge is 0.194 e. The van der Waals surface area contributed by atoms with Crippen molar-refractivity contribution in [3.8, 4) is 0 Å². The van der Waals surface area contributed by atoms with Gasteiger partial charge in [-0.25, -0.2) is 9.38 Å². The maximum Gasteiger partial charge on any atom is 0.194 e. The summed E-state index contributed by atoms with van der Waals surface area (Å²) in [5.41, 5.74) is 1.38. The highest BCUT2D eigenvalue weighted by molar-refractivity contribution is 14.0. The first-order valence-corrected chi connectivity index (χ1v) is 8.40. The number of guanidine groups is 1. The number of halogens is 2. The molecule has 0 saturated carbocycles. The predicted molar refractivity (Wildman–Crippen MR) is 108 cm³/mol. The summed E-state index contributed by atoms with van der Waals surface area (Å²) in [5.74, 6) is 0.405. The number of hydrogen-bond acceptors (Lipinski definition) is 4. The molecule has 0 aliphatic carbocycles. The van der Waals surface area contributed by atoms with Crippen molar-refractivity contribution in [2.75, 3.05) is 26.2 Å². The summed E-state index contributed by atoms with van der Waals surface area (Å²) in [4.78, 5) is 10.7. The average Bonchev–Trinajstić information content (AvgIpc) is 3.06. The first kappa shape index (κ1) is 20.6. The molecule has 1 aliphatic heterocycles. The first-order valence-electron chi connectivity index (χ1n) is 8.40. The minimum absolute atomic E-state index is 0. The van der Waals surface area contributed by atoms with Gasteiger partial charge in [0.2, 0.25) is 0 Å². The Morgan fingerprint density at radius 2 is 2.35 bits per heavy atom. The summed E-state index contributed by atoms with van der Waals surface area (Å²) in [7, 11) is 1.89. The molecule has 142 valence electrons. The van der Waals surface area contributed by atoms with E-state index in [4.69, 9.17) is 4.74 Å². The lowest BCUT2D eigenvalue weighted by molar-refractivity contribution is -0.00805. The molecule has 1 aliphatic rings. The standard InChI is InChI=1S/C17H23FN6O.HI/c1-3-19-17(21-10-15-14(18)5-4-6-20-15)24-7-8-25-16(12-24)13-9-22-23(2)11-13;/h4-6,9,11,16H,3,7-8,10,12H2,1-2H3,(H,19,21);1H. The van der Waals surface area contributed by atoms with E-state index in [-0.39, 0.29) is 42.4 Å². The van der Waals surface area contributed by atoms with Crippen molar-refractivity contribution in [3.05, 3.63) is 47.8 Å². The van der Waals surface area contributed by atoms with E-state index in [1.807, 2.05) is 26.4 Å². The van der Waals surface area contributed by atoms with Crippen LogP contribution < -0.4 is 5.32 Å². The summed E-state index contributed by atoms with van der Waals surface area (Å²) >= 11 is 0. The van der Waals surface area contributed by atoms with E-state index in [2.05, 4.69) is 25.3 Å². The van der Waals surface area contributed by atoms with E-state index >= 15 is 0 Å². The van der Waals surface area contributed by atoms with Crippen LogP contribution in [-0.4, -0.2) is 51.9 Å². The van der Waals surface area contributed by atoms with Crippen molar-refractivity contribution in [2.45, 2.75) is 19.6 Å². The van der Waals surface area contributed by atoms with Gasteiger partial charge in [-0.2, -0.15) is 5.10 Å². The molecule has 1 N–H and O–H groups in total. The molecule has 3 rings (SSSR count). The number of pyridine rings is 1. The zero-order valence-corrected chi connectivity index (χ0v) is 17.3. The van der Waals surface area contributed by atoms with Gasteiger partial charge in [-0.05, 0) is 19.1 Å². The molecular formula is C17H24FIN6O. The van der Waals surface area contributed by atoms with Crippen molar-refractivity contribution in [1.82, 2.24) is 25.0 Å². The number of nitrogens with zero attached hydrogens (tertiary/aromatic N) is 5. The van der Waals surface area contributed by atoms with Crippen LogP contribution >= 0.6 is 24.0 Å². The quantitative estimate of drug-likeness (QED) is 0.418. The Bertz CT molecular complexity index is 738. The monoisotopic (exact) mass is 474 g/mol. The van der Waals surface area contributed by atoms with Gasteiger partial charge in [0.1, 0.15) is 11.9 Å². The van der Waals surface area contributed by atoms with E-state index < -0.39 is 0 Å². The molecule has 7 nitrogen and oxygen atoms in total. The third kappa shape index (κ3) is 5.13. The molecule has 2 aromatic heterocycles. The Kier molecular flexibility index (Phi) is 7.76. The summed E-state index contributed by atoms with van der Waals surface area (Å²) in [6.45, 7) is 4.94. The summed E-state index contributed by atoms with van der Waals surface area (Å²) in [6.07, 6.45) is 5.30. The minimum Gasteiger partial charge on any atom is -0.370 e. The van der Waals surface area contributed by atoms with Gasteiger partial charge in [-0.1, -0.05) is 0 Å². The largest absolute Gasteiger partial charge is 0.370 e. The molecule has 26 heavy (non-hydrogen) atoms. The van der Waals surface area contributed by atoms with Crippen molar-refractivity contribution >= 4 is 29.9 Å². The van der Waals surface area contributed by atoms with E-state index in [1.165, 1.54) is 6.07 Å². The molecule has 2 aromatic rings. The van der Waals surface area contributed by atoms with Gasteiger partial charge in [0.25, 0.3) is 0 Å². The Morgan fingerprint density at radius 3 is 3.04 bits per heavy atom. The number of morpholine rings is 1. The van der Waals surface area contributed by atoms with Crippen molar-refractivity contribution in [1.29, 1.82) is 0 Å².